The number of benzene rings is 1. The number of para-hydroxylation sites is 1. The van der Waals surface area contributed by atoms with E-state index >= 15 is 0 Å². The molecule has 1 fully saturated rings. The third kappa shape index (κ3) is 3.78. The van der Waals surface area contributed by atoms with Crippen LogP contribution in [0.25, 0.3) is 0 Å². The normalized spacial score (nSPS) is 15.4. The van der Waals surface area contributed by atoms with E-state index in [0.29, 0.717) is 11.3 Å². The molecule has 22 heavy (non-hydrogen) atoms. The van der Waals surface area contributed by atoms with Crippen molar-refractivity contribution in [3.05, 3.63) is 29.3 Å². The van der Waals surface area contributed by atoms with Crippen molar-refractivity contribution in [3.8, 4) is 0 Å². The topological polar surface area (TPSA) is 72.6 Å². The van der Waals surface area contributed by atoms with E-state index in [2.05, 4.69) is 0 Å². The Bertz CT molecular complexity index is 551. The van der Waals surface area contributed by atoms with Crippen molar-refractivity contribution < 1.29 is 14.3 Å². The second-order valence-corrected chi connectivity index (χ2v) is 5.91. The monoisotopic (exact) mass is 304 g/mol. The van der Waals surface area contributed by atoms with Gasteiger partial charge in [0.1, 0.15) is 0 Å². The molecule has 1 aromatic rings. The minimum Gasteiger partial charge on any atom is -0.452 e. The number of rotatable bonds is 4. The number of carbonyl (C=O) groups is 2. The Morgan fingerprint density at radius 3 is 2.64 bits per heavy atom. The van der Waals surface area contributed by atoms with Crippen LogP contribution in [0.2, 0.25) is 0 Å². The maximum Gasteiger partial charge on any atom is 0.340 e. The Hall–Kier alpha value is -2.04. The molecule has 120 valence electrons. The predicted octanol–water partition coefficient (Wildman–Crippen LogP) is 2.53. The lowest BCUT2D eigenvalue weighted by atomic mass is 9.94. The number of carbonyl (C=O) groups excluding carboxylic acids is 2. The lowest BCUT2D eigenvalue weighted by molar-refractivity contribution is -0.135. The van der Waals surface area contributed by atoms with Gasteiger partial charge in [0.05, 0.1) is 5.56 Å². The number of likely N-dealkylation sites (N-methyl/N-ethyl adjacent to an activating group) is 1. The summed E-state index contributed by atoms with van der Waals surface area (Å²) in [6, 6.07) is 5.45. The van der Waals surface area contributed by atoms with Crippen LogP contribution in [0.5, 0.6) is 0 Å². The molecule has 0 bridgehead atoms. The zero-order valence-corrected chi connectivity index (χ0v) is 13.3. The van der Waals surface area contributed by atoms with Crippen molar-refractivity contribution in [1.29, 1.82) is 0 Å². The molecule has 0 unspecified atom stereocenters. The van der Waals surface area contributed by atoms with E-state index in [1.165, 1.54) is 6.42 Å². The molecule has 0 spiro atoms. The smallest absolute Gasteiger partial charge is 0.340 e. The highest BCUT2D eigenvalue weighted by molar-refractivity contribution is 5.96. The molecule has 0 heterocycles. The number of anilines is 1. The standard InChI is InChI=1S/C17H24N2O3/c1-12-7-6-10-14(16(12)18)17(21)22-11-15(20)19(2)13-8-4-3-5-9-13/h6-7,10,13H,3-5,8-9,11,18H2,1-2H3. The molecule has 1 amide bonds. The van der Waals surface area contributed by atoms with Gasteiger partial charge in [0.15, 0.2) is 6.61 Å². The van der Waals surface area contributed by atoms with Gasteiger partial charge in [0.2, 0.25) is 0 Å². The number of hydrogen-bond donors (Lipinski definition) is 1. The summed E-state index contributed by atoms with van der Waals surface area (Å²) in [5, 5.41) is 0. The van der Waals surface area contributed by atoms with E-state index < -0.39 is 5.97 Å². The van der Waals surface area contributed by atoms with E-state index in [-0.39, 0.29) is 18.6 Å². The molecule has 1 aliphatic carbocycles. The number of nitrogen functional groups attached to an aromatic ring is 1. The second-order valence-electron chi connectivity index (χ2n) is 5.91. The van der Waals surface area contributed by atoms with Crippen LogP contribution in [-0.4, -0.2) is 36.5 Å². The van der Waals surface area contributed by atoms with Crippen LogP contribution in [0.1, 0.15) is 48.0 Å². The van der Waals surface area contributed by atoms with Gasteiger partial charge in [-0.1, -0.05) is 31.4 Å². The first-order valence-corrected chi connectivity index (χ1v) is 7.78. The van der Waals surface area contributed by atoms with Crippen LogP contribution in [0.4, 0.5) is 5.69 Å². The number of amides is 1. The third-order valence-electron chi connectivity index (χ3n) is 4.39. The molecule has 5 nitrogen and oxygen atoms in total. The first-order valence-electron chi connectivity index (χ1n) is 7.78. The van der Waals surface area contributed by atoms with Crippen molar-refractivity contribution in [2.75, 3.05) is 19.4 Å². The molecular weight excluding hydrogens is 280 g/mol. The quantitative estimate of drug-likeness (QED) is 0.685. The van der Waals surface area contributed by atoms with Crippen molar-refractivity contribution >= 4 is 17.6 Å². The Balaban J connectivity index is 1.90. The fourth-order valence-corrected chi connectivity index (χ4v) is 2.84. The summed E-state index contributed by atoms with van der Waals surface area (Å²) in [5.74, 6) is -0.710. The van der Waals surface area contributed by atoms with Crippen molar-refractivity contribution in [2.24, 2.45) is 0 Å². The van der Waals surface area contributed by atoms with Gasteiger partial charge in [-0.3, -0.25) is 4.79 Å². The predicted molar refractivity (Wildman–Crippen MR) is 85.5 cm³/mol. The van der Waals surface area contributed by atoms with E-state index in [9.17, 15) is 9.59 Å². The van der Waals surface area contributed by atoms with Gasteiger partial charge in [-0.05, 0) is 31.4 Å². The first kappa shape index (κ1) is 16.3. The summed E-state index contributed by atoms with van der Waals surface area (Å²) >= 11 is 0. The molecule has 5 heteroatoms. The Labute approximate surface area is 131 Å². The number of esters is 1. The Morgan fingerprint density at radius 1 is 1.27 bits per heavy atom. The first-order chi connectivity index (χ1) is 10.5. The minimum atomic E-state index is -0.549. The van der Waals surface area contributed by atoms with Crippen molar-refractivity contribution in [2.45, 2.75) is 45.1 Å². The molecule has 2 N–H and O–H groups in total. The molecule has 2 rings (SSSR count). The van der Waals surface area contributed by atoms with Crippen LogP contribution >= 0.6 is 0 Å². The summed E-state index contributed by atoms with van der Waals surface area (Å²) in [5.41, 5.74) is 7.41. The Kier molecular flexibility index (Phi) is 5.41. The number of hydrogen-bond acceptors (Lipinski definition) is 4. The SMILES string of the molecule is Cc1cccc(C(=O)OCC(=O)N(C)C2CCCCC2)c1N. The third-order valence-corrected chi connectivity index (χ3v) is 4.39. The highest BCUT2D eigenvalue weighted by Gasteiger charge is 2.23. The minimum absolute atomic E-state index is 0.161. The van der Waals surface area contributed by atoms with Gasteiger partial charge in [0, 0.05) is 18.8 Å². The fraction of sp³-hybridized carbons (Fsp3) is 0.529. The highest BCUT2D eigenvalue weighted by atomic mass is 16.5. The van der Waals surface area contributed by atoms with Gasteiger partial charge in [-0.15, -0.1) is 0 Å². The zero-order valence-electron chi connectivity index (χ0n) is 13.3. The molecule has 0 saturated heterocycles. The van der Waals surface area contributed by atoms with Crippen LogP contribution in [0, 0.1) is 6.92 Å². The summed E-state index contributed by atoms with van der Waals surface area (Å²) in [6.07, 6.45) is 5.60. The van der Waals surface area contributed by atoms with Crippen LogP contribution in [-0.2, 0) is 9.53 Å². The van der Waals surface area contributed by atoms with Gasteiger partial charge in [-0.2, -0.15) is 0 Å². The van der Waals surface area contributed by atoms with Gasteiger partial charge in [0.25, 0.3) is 5.91 Å². The average molecular weight is 304 g/mol. The van der Waals surface area contributed by atoms with Gasteiger partial charge in [-0.25, -0.2) is 4.79 Å². The van der Waals surface area contributed by atoms with Crippen LogP contribution in [0.3, 0.4) is 0 Å². The van der Waals surface area contributed by atoms with Gasteiger partial charge >= 0.3 is 5.97 Å². The van der Waals surface area contributed by atoms with Crippen molar-refractivity contribution in [1.82, 2.24) is 4.90 Å². The van der Waals surface area contributed by atoms with Gasteiger partial charge < -0.3 is 15.4 Å². The lowest BCUT2D eigenvalue weighted by Crippen LogP contribution is -2.40. The summed E-state index contributed by atoms with van der Waals surface area (Å²) in [6.45, 7) is 1.59. The highest BCUT2D eigenvalue weighted by Crippen LogP contribution is 2.22. The summed E-state index contributed by atoms with van der Waals surface area (Å²) in [7, 11) is 1.78. The zero-order chi connectivity index (χ0) is 16.1. The summed E-state index contributed by atoms with van der Waals surface area (Å²) < 4.78 is 5.13. The van der Waals surface area contributed by atoms with E-state index in [1.807, 2.05) is 13.0 Å². The average Bonchev–Trinajstić information content (AvgIpc) is 2.55. The maximum atomic E-state index is 12.1. The molecule has 1 aliphatic rings. The Morgan fingerprint density at radius 2 is 1.95 bits per heavy atom. The van der Waals surface area contributed by atoms with E-state index in [4.69, 9.17) is 10.5 Å². The molecule has 1 saturated carbocycles. The molecular formula is C17H24N2O3. The van der Waals surface area contributed by atoms with E-state index in [1.54, 1.807) is 24.1 Å². The summed E-state index contributed by atoms with van der Waals surface area (Å²) in [4.78, 5) is 25.9. The number of ether oxygens (including phenoxy) is 1. The number of nitrogens with zero attached hydrogens (tertiary/aromatic N) is 1. The maximum absolute atomic E-state index is 12.1. The lowest BCUT2D eigenvalue weighted by Gasteiger charge is -2.31. The number of nitrogens with two attached hydrogens (primary N) is 1. The fourth-order valence-electron chi connectivity index (χ4n) is 2.84. The molecule has 0 atom stereocenters. The molecule has 0 aromatic heterocycles. The number of aryl methyl sites for hydroxylation is 1. The molecule has 0 aliphatic heterocycles. The second kappa shape index (κ2) is 7.29. The molecule has 0 radical (unpaired) electrons. The van der Waals surface area contributed by atoms with Crippen molar-refractivity contribution in [3.63, 3.8) is 0 Å². The van der Waals surface area contributed by atoms with E-state index in [0.717, 1.165) is 31.2 Å². The van der Waals surface area contributed by atoms with Crippen LogP contribution in [0.15, 0.2) is 18.2 Å². The molecule has 1 aromatic carbocycles. The largest absolute Gasteiger partial charge is 0.452 e. The van der Waals surface area contributed by atoms with Crippen LogP contribution < -0.4 is 5.73 Å².